The fourth-order valence-electron chi connectivity index (χ4n) is 2.82. The van der Waals surface area contributed by atoms with E-state index in [0.717, 1.165) is 25.2 Å². The van der Waals surface area contributed by atoms with Gasteiger partial charge in [-0.05, 0) is 18.6 Å². The van der Waals surface area contributed by atoms with Crippen molar-refractivity contribution < 1.29 is 9.21 Å². The average Bonchev–Trinajstić information content (AvgIpc) is 3.27. The predicted molar refractivity (Wildman–Crippen MR) is 84.5 cm³/mol. The van der Waals surface area contributed by atoms with E-state index in [-0.39, 0.29) is 18.5 Å². The van der Waals surface area contributed by atoms with Crippen LogP contribution in [0.4, 0.5) is 0 Å². The van der Waals surface area contributed by atoms with Gasteiger partial charge in [-0.15, -0.1) is 0 Å². The van der Waals surface area contributed by atoms with Crippen molar-refractivity contribution in [3.05, 3.63) is 36.3 Å². The Morgan fingerprint density at radius 2 is 2.50 bits per heavy atom. The molecule has 0 aliphatic carbocycles. The van der Waals surface area contributed by atoms with Gasteiger partial charge >= 0.3 is 0 Å². The molecule has 0 saturated carbocycles. The number of aryl methyl sites for hydroxylation is 1. The lowest BCUT2D eigenvalue weighted by atomic mass is 10.1. The highest BCUT2D eigenvalue weighted by molar-refractivity contribution is 5.78. The number of nitriles is 1. The Labute approximate surface area is 140 Å². The van der Waals surface area contributed by atoms with Crippen molar-refractivity contribution in [2.75, 3.05) is 13.1 Å². The highest BCUT2D eigenvalue weighted by atomic mass is 16.3. The monoisotopic (exact) mass is 328 g/mol. The standard InChI is InChI=1S/C16H20N6O2/c17-6-2-7-21(11-14-3-1-8-24-14)16(23)9-18-13-4-5-15-19-12-20-22(15)10-13/h1,3,8,12-13,18H,2,4-5,7,9-11H2/t13-/m1/s1. The van der Waals surface area contributed by atoms with Crippen LogP contribution < -0.4 is 5.32 Å². The number of hydrogen-bond acceptors (Lipinski definition) is 6. The van der Waals surface area contributed by atoms with Gasteiger partial charge in [0.25, 0.3) is 0 Å². The normalized spacial score (nSPS) is 16.4. The summed E-state index contributed by atoms with van der Waals surface area (Å²) in [4.78, 5) is 18.3. The van der Waals surface area contributed by atoms with Gasteiger partial charge in [0.15, 0.2) is 0 Å². The molecular weight excluding hydrogens is 308 g/mol. The molecule has 0 aromatic carbocycles. The molecule has 0 unspecified atom stereocenters. The summed E-state index contributed by atoms with van der Waals surface area (Å²) in [6.07, 6.45) is 5.24. The molecule has 8 nitrogen and oxygen atoms in total. The van der Waals surface area contributed by atoms with Crippen molar-refractivity contribution in [1.29, 1.82) is 5.26 Å². The summed E-state index contributed by atoms with van der Waals surface area (Å²) in [7, 11) is 0. The molecule has 1 aliphatic rings. The summed E-state index contributed by atoms with van der Waals surface area (Å²) in [5.41, 5.74) is 0. The summed E-state index contributed by atoms with van der Waals surface area (Å²) in [6.45, 7) is 1.74. The van der Waals surface area contributed by atoms with Gasteiger partial charge in [0.05, 0.1) is 38.4 Å². The van der Waals surface area contributed by atoms with Crippen LogP contribution in [0.5, 0.6) is 0 Å². The van der Waals surface area contributed by atoms with E-state index in [1.807, 2.05) is 10.7 Å². The van der Waals surface area contributed by atoms with E-state index in [1.165, 1.54) is 0 Å². The maximum Gasteiger partial charge on any atom is 0.236 e. The molecule has 1 N–H and O–H groups in total. The second kappa shape index (κ2) is 7.75. The Hall–Kier alpha value is -2.66. The Bertz CT molecular complexity index is 702. The molecule has 24 heavy (non-hydrogen) atoms. The molecule has 126 valence electrons. The summed E-state index contributed by atoms with van der Waals surface area (Å²) in [5.74, 6) is 1.67. The van der Waals surface area contributed by atoms with Crippen LogP contribution in [0.3, 0.4) is 0 Å². The number of nitrogens with zero attached hydrogens (tertiary/aromatic N) is 5. The van der Waals surface area contributed by atoms with Crippen LogP contribution in [0, 0.1) is 11.3 Å². The lowest BCUT2D eigenvalue weighted by Gasteiger charge is -2.26. The molecular formula is C16H20N6O2. The van der Waals surface area contributed by atoms with Crippen molar-refractivity contribution in [2.24, 2.45) is 0 Å². The average molecular weight is 328 g/mol. The van der Waals surface area contributed by atoms with Gasteiger partial charge in [-0.3, -0.25) is 4.79 Å². The number of aromatic nitrogens is 3. The third-order valence-corrected chi connectivity index (χ3v) is 4.12. The van der Waals surface area contributed by atoms with Gasteiger partial charge in [-0.1, -0.05) is 0 Å². The van der Waals surface area contributed by atoms with Crippen LogP contribution in [0.2, 0.25) is 0 Å². The topological polar surface area (TPSA) is 100.0 Å². The molecule has 2 aromatic heterocycles. The number of carbonyl (C=O) groups excluding carboxylic acids is 1. The van der Waals surface area contributed by atoms with Gasteiger partial charge in [0.1, 0.15) is 17.9 Å². The Balaban J connectivity index is 1.52. The Morgan fingerprint density at radius 3 is 3.29 bits per heavy atom. The number of amides is 1. The first-order valence-electron chi connectivity index (χ1n) is 8.03. The van der Waals surface area contributed by atoms with Crippen LogP contribution in [-0.4, -0.2) is 44.7 Å². The van der Waals surface area contributed by atoms with Crippen molar-refractivity contribution in [3.8, 4) is 6.07 Å². The van der Waals surface area contributed by atoms with E-state index in [0.29, 0.717) is 25.3 Å². The minimum atomic E-state index is -0.0361. The first kappa shape index (κ1) is 16.2. The SMILES string of the molecule is N#CCCN(Cc1ccco1)C(=O)CN[C@@H]1CCc2ncnn2C1. The number of fused-ring (bicyclic) bond motifs is 1. The summed E-state index contributed by atoms with van der Waals surface area (Å²) < 4.78 is 7.18. The molecule has 0 fully saturated rings. The second-order valence-corrected chi connectivity index (χ2v) is 5.78. The molecule has 1 atom stereocenters. The molecule has 8 heteroatoms. The van der Waals surface area contributed by atoms with E-state index < -0.39 is 0 Å². The Kier molecular flexibility index (Phi) is 5.23. The zero-order valence-electron chi connectivity index (χ0n) is 13.4. The van der Waals surface area contributed by atoms with Crippen molar-refractivity contribution in [3.63, 3.8) is 0 Å². The fourth-order valence-corrected chi connectivity index (χ4v) is 2.82. The number of nitrogens with one attached hydrogen (secondary N) is 1. The minimum absolute atomic E-state index is 0.0361. The smallest absolute Gasteiger partial charge is 0.236 e. The molecule has 3 heterocycles. The molecule has 0 saturated heterocycles. The third-order valence-electron chi connectivity index (χ3n) is 4.12. The summed E-state index contributed by atoms with van der Waals surface area (Å²) in [5, 5.41) is 16.3. The quantitative estimate of drug-likeness (QED) is 0.804. The maximum atomic E-state index is 12.5. The first-order valence-corrected chi connectivity index (χ1v) is 8.03. The Morgan fingerprint density at radius 1 is 1.58 bits per heavy atom. The van der Waals surface area contributed by atoms with E-state index in [2.05, 4.69) is 21.5 Å². The van der Waals surface area contributed by atoms with Gasteiger partial charge in [0, 0.05) is 19.0 Å². The van der Waals surface area contributed by atoms with Crippen molar-refractivity contribution in [1.82, 2.24) is 25.0 Å². The minimum Gasteiger partial charge on any atom is -0.467 e. The number of carbonyl (C=O) groups is 1. The zero-order chi connectivity index (χ0) is 16.8. The van der Waals surface area contributed by atoms with E-state index in [4.69, 9.17) is 9.68 Å². The lowest BCUT2D eigenvalue weighted by molar-refractivity contribution is -0.131. The van der Waals surface area contributed by atoms with E-state index in [1.54, 1.807) is 23.6 Å². The van der Waals surface area contributed by atoms with Crippen LogP contribution >= 0.6 is 0 Å². The van der Waals surface area contributed by atoms with Crippen molar-refractivity contribution in [2.45, 2.75) is 38.4 Å². The van der Waals surface area contributed by atoms with Crippen molar-refractivity contribution >= 4 is 5.91 Å². The van der Waals surface area contributed by atoms with Crippen LogP contribution in [0.25, 0.3) is 0 Å². The molecule has 0 radical (unpaired) electrons. The third kappa shape index (κ3) is 4.00. The molecule has 0 spiro atoms. The van der Waals surface area contributed by atoms with E-state index >= 15 is 0 Å². The molecule has 0 bridgehead atoms. The highest BCUT2D eigenvalue weighted by Gasteiger charge is 2.21. The molecule has 1 aliphatic heterocycles. The number of rotatable bonds is 7. The number of furan rings is 1. The summed E-state index contributed by atoms with van der Waals surface area (Å²) >= 11 is 0. The van der Waals surface area contributed by atoms with Crippen LogP contribution in [0.1, 0.15) is 24.4 Å². The van der Waals surface area contributed by atoms with Gasteiger partial charge in [-0.25, -0.2) is 9.67 Å². The highest BCUT2D eigenvalue weighted by Crippen LogP contribution is 2.11. The van der Waals surface area contributed by atoms with Gasteiger partial charge < -0.3 is 14.6 Å². The number of hydrogen-bond donors (Lipinski definition) is 1. The van der Waals surface area contributed by atoms with Crippen LogP contribution in [0.15, 0.2) is 29.1 Å². The second-order valence-electron chi connectivity index (χ2n) is 5.78. The van der Waals surface area contributed by atoms with Crippen LogP contribution in [-0.2, 0) is 24.3 Å². The molecule has 1 amide bonds. The van der Waals surface area contributed by atoms with Gasteiger partial charge in [0.2, 0.25) is 5.91 Å². The molecule has 3 rings (SSSR count). The van der Waals surface area contributed by atoms with E-state index in [9.17, 15) is 4.79 Å². The lowest BCUT2D eigenvalue weighted by Crippen LogP contribution is -2.44. The first-order chi connectivity index (χ1) is 11.8. The molecule has 2 aromatic rings. The predicted octanol–water partition coefficient (Wildman–Crippen LogP) is 0.718. The zero-order valence-corrected chi connectivity index (χ0v) is 13.4. The fraction of sp³-hybridized carbons (Fsp3) is 0.500. The largest absolute Gasteiger partial charge is 0.467 e. The summed E-state index contributed by atoms with van der Waals surface area (Å²) in [6, 6.07) is 5.90. The van der Waals surface area contributed by atoms with Gasteiger partial charge in [-0.2, -0.15) is 10.4 Å². The maximum absolute atomic E-state index is 12.5.